The van der Waals surface area contributed by atoms with Gasteiger partial charge in [0.05, 0.1) is 4.88 Å². The van der Waals surface area contributed by atoms with Crippen LogP contribution in [0.5, 0.6) is 0 Å². The summed E-state index contributed by atoms with van der Waals surface area (Å²) in [6.45, 7) is 5.27. The Morgan fingerprint density at radius 1 is 1.17 bits per heavy atom. The number of nitrogens with one attached hydrogen (secondary N) is 1. The Labute approximate surface area is 146 Å². The predicted octanol–water partition coefficient (Wildman–Crippen LogP) is 3.97. The number of carbonyl (C=O) groups is 2. The van der Waals surface area contributed by atoms with Gasteiger partial charge in [-0.2, -0.15) is 0 Å². The summed E-state index contributed by atoms with van der Waals surface area (Å²) in [5, 5.41) is 2.92. The first kappa shape index (κ1) is 16.7. The minimum atomic E-state index is -0.0955. The van der Waals surface area contributed by atoms with Crippen molar-refractivity contribution in [1.82, 2.24) is 4.90 Å². The molecular weight excluding hydrogens is 320 g/mol. The highest BCUT2D eigenvalue weighted by atomic mass is 32.1. The standard InChI is InChI=1S/C19H22N2O2S/c1-3-21(4-2)19(23)14-8-5-9-15(11-14)20-18(22)17-12-13-7-6-10-16(13)24-17/h5,8-9,11-12H,3-4,6-7,10H2,1-2H3,(H,20,22). The molecule has 1 N–H and O–H groups in total. The summed E-state index contributed by atoms with van der Waals surface area (Å²) in [6, 6.07) is 9.17. The molecule has 0 aliphatic heterocycles. The van der Waals surface area contributed by atoms with Gasteiger partial charge in [-0.15, -0.1) is 11.3 Å². The van der Waals surface area contributed by atoms with Gasteiger partial charge in [0, 0.05) is 29.2 Å². The van der Waals surface area contributed by atoms with Gasteiger partial charge in [-0.05, 0) is 62.9 Å². The predicted molar refractivity (Wildman–Crippen MR) is 98.0 cm³/mol. The van der Waals surface area contributed by atoms with Crippen LogP contribution in [0.2, 0.25) is 0 Å². The second-order valence-corrected chi connectivity index (χ2v) is 7.06. The number of hydrogen-bond donors (Lipinski definition) is 1. The van der Waals surface area contributed by atoms with E-state index in [1.807, 2.05) is 26.0 Å². The fourth-order valence-electron chi connectivity index (χ4n) is 3.06. The second-order valence-electron chi connectivity index (χ2n) is 5.92. The number of amides is 2. The molecule has 126 valence electrons. The first-order valence-corrected chi connectivity index (χ1v) is 9.26. The van der Waals surface area contributed by atoms with E-state index in [1.54, 1.807) is 34.4 Å². The Morgan fingerprint density at radius 2 is 1.96 bits per heavy atom. The van der Waals surface area contributed by atoms with Crippen LogP contribution < -0.4 is 5.32 Å². The fraction of sp³-hybridized carbons (Fsp3) is 0.368. The molecule has 5 heteroatoms. The maximum atomic E-state index is 12.5. The van der Waals surface area contributed by atoms with Crippen LogP contribution in [-0.2, 0) is 12.8 Å². The molecule has 0 atom stereocenters. The monoisotopic (exact) mass is 342 g/mol. The fourth-order valence-corrected chi connectivity index (χ4v) is 4.21. The molecule has 1 heterocycles. The molecule has 2 amide bonds. The van der Waals surface area contributed by atoms with E-state index in [9.17, 15) is 9.59 Å². The lowest BCUT2D eigenvalue weighted by Gasteiger charge is -2.19. The van der Waals surface area contributed by atoms with E-state index in [1.165, 1.54) is 16.9 Å². The van der Waals surface area contributed by atoms with Crippen molar-refractivity contribution in [3.8, 4) is 0 Å². The van der Waals surface area contributed by atoms with Gasteiger partial charge in [0.25, 0.3) is 11.8 Å². The third-order valence-corrected chi connectivity index (χ3v) is 5.62. The molecular formula is C19H22N2O2S. The van der Waals surface area contributed by atoms with Gasteiger partial charge >= 0.3 is 0 Å². The number of fused-ring (bicyclic) bond motifs is 1. The number of aryl methyl sites for hydroxylation is 2. The number of thiophene rings is 1. The summed E-state index contributed by atoms with van der Waals surface area (Å²) >= 11 is 1.58. The highest BCUT2D eigenvalue weighted by molar-refractivity contribution is 7.14. The number of rotatable bonds is 5. The minimum absolute atomic E-state index is 0.00815. The van der Waals surface area contributed by atoms with E-state index in [2.05, 4.69) is 5.32 Å². The molecule has 0 bridgehead atoms. The molecule has 0 saturated heterocycles. The molecule has 2 aromatic rings. The molecule has 4 nitrogen and oxygen atoms in total. The third-order valence-electron chi connectivity index (χ3n) is 4.39. The highest BCUT2D eigenvalue weighted by Gasteiger charge is 2.19. The number of anilines is 1. The second kappa shape index (κ2) is 7.18. The summed E-state index contributed by atoms with van der Waals surface area (Å²) < 4.78 is 0. The summed E-state index contributed by atoms with van der Waals surface area (Å²) in [6.07, 6.45) is 3.35. The lowest BCUT2D eigenvalue weighted by Crippen LogP contribution is -2.30. The zero-order chi connectivity index (χ0) is 17.1. The Bertz CT molecular complexity index is 741. The molecule has 1 aromatic carbocycles. The molecule has 3 rings (SSSR count). The van der Waals surface area contributed by atoms with Crippen molar-refractivity contribution in [2.45, 2.75) is 33.1 Å². The molecule has 24 heavy (non-hydrogen) atoms. The Morgan fingerprint density at radius 3 is 2.67 bits per heavy atom. The van der Waals surface area contributed by atoms with E-state index in [0.717, 1.165) is 17.7 Å². The molecule has 1 aliphatic carbocycles. The number of hydrogen-bond acceptors (Lipinski definition) is 3. The van der Waals surface area contributed by atoms with Gasteiger partial charge in [0.15, 0.2) is 0 Å². The molecule has 0 radical (unpaired) electrons. The lowest BCUT2D eigenvalue weighted by atomic mass is 10.1. The van der Waals surface area contributed by atoms with Crippen LogP contribution in [0.4, 0.5) is 5.69 Å². The van der Waals surface area contributed by atoms with Gasteiger partial charge in [0.1, 0.15) is 0 Å². The quantitative estimate of drug-likeness (QED) is 0.894. The van der Waals surface area contributed by atoms with Crippen molar-refractivity contribution in [2.75, 3.05) is 18.4 Å². The SMILES string of the molecule is CCN(CC)C(=O)c1cccc(NC(=O)c2cc3c(s2)CCC3)c1. The van der Waals surface area contributed by atoms with Gasteiger partial charge in [0.2, 0.25) is 0 Å². The van der Waals surface area contributed by atoms with Crippen molar-refractivity contribution in [1.29, 1.82) is 0 Å². The maximum absolute atomic E-state index is 12.5. The van der Waals surface area contributed by atoms with Crippen LogP contribution in [-0.4, -0.2) is 29.8 Å². The molecule has 0 unspecified atom stereocenters. The van der Waals surface area contributed by atoms with Crippen LogP contribution in [0.15, 0.2) is 30.3 Å². The lowest BCUT2D eigenvalue weighted by molar-refractivity contribution is 0.0772. The molecule has 1 aliphatic rings. The van der Waals surface area contributed by atoms with Crippen molar-refractivity contribution in [3.63, 3.8) is 0 Å². The summed E-state index contributed by atoms with van der Waals surface area (Å²) in [5.41, 5.74) is 2.58. The van der Waals surface area contributed by atoms with E-state index in [4.69, 9.17) is 0 Å². The summed E-state index contributed by atoms with van der Waals surface area (Å²) in [5.74, 6) is -0.104. The summed E-state index contributed by atoms with van der Waals surface area (Å²) in [7, 11) is 0. The average molecular weight is 342 g/mol. The van der Waals surface area contributed by atoms with E-state index < -0.39 is 0 Å². The molecule has 1 aromatic heterocycles. The maximum Gasteiger partial charge on any atom is 0.265 e. The van der Waals surface area contributed by atoms with Gasteiger partial charge in [-0.1, -0.05) is 6.07 Å². The first-order chi connectivity index (χ1) is 11.6. The van der Waals surface area contributed by atoms with Crippen molar-refractivity contribution >= 4 is 28.8 Å². The van der Waals surface area contributed by atoms with Crippen LogP contribution >= 0.6 is 11.3 Å². The normalized spacial score (nSPS) is 12.8. The Balaban J connectivity index is 1.74. The number of benzene rings is 1. The van der Waals surface area contributed by atoms with E-state index in [-0.39, 0.29) is 11.8 Å². The zero-order valence-electron chi connectivity index (χ0n) is 14.1. The van der Waals surface area contributed by atoms with E-state index in [0.29, 0.717) is 24.3 Å². The van der Waals surface area contributed by atoms with Crippen molar-refractivity contribution in [3.05, 3.63) is 51.2 Å². The third kappa shape index (κ3) is 3.36. The van der Waals surface area contributed by atoms with Crippen LogP contribution in [0.1, 0.15) is 50.7 Å². The first-order valence-electron chi connectivity index (χ1n) is 8.44. The smallest absolute Gasteiger partial charge is 0.265 e. The van der Waals surface area contributed by atoms with Crippen molar-refractivity contribution in [2.24, 2.45) is 0 Å². The Hall–Kier alpha value is -2.14. The van der Waals surface area contributed by atoms with Gasteiger partial charge < -0.3 is 10.2 Å². The van der Waals surface area contributed by atoms with Crippen LogP contribution in [0, 0.1) is 0 Å². The highest BCUT2D eigenvalue weighted by Crippen LogP contribution is 2.31. The van der Waals surface area contributed by atoms with Crippen LogP contribution in [0.3, 0.4) is 0 Å². The zero-order valence-corrected chi connectivity index (χ0v) is 14.9. The average Bonchev–Trinajstić information content (AvgIpc) is 3.18. The topological polar surface area (TPSA) is 49.4 Å². The molecule has 0 spiro atoms. The van der Waals surface area contributed by atoms with Gasteiger partial charge in [-0.25, -0.2) is 0 Å². The van der Waals surface area contributed by atoms with Gasteiger partial charge in [-0.3, -0.25) is 9.59 Å². The molecule has 0 saturated carbocycles. The summed E-state index contributed by atoms with van der Waals surface area (Å²) in [4.78, 5) is 28.7. The largest absolute Gasteiger partial charge is 0.339 e. The van der Waals surface area contributed by atoms with Crippen molar-refractivity contribution < 1.29 is 9.59 Å². The van der Waals surface area contributed by atoms with E-state index >= 15 is 0 Å². The number of nitrogens with zero attached hydrogens (tertiary/aromatic N) is 1. The minimum Gasteiger partial charge on any atom is -0.339 e. The molecule has 0 fully saturated rings. The van der Waals surface area contributed by atoms with Crippen LogP contribution in [0.25, 0.3) is 0 Å². The Kier molecular flexibility index (Phi) is 5.00. The number of carbonyl (C=O) groups excluding carboxylic acids is 2.